The van der Waals surface area contributed by atoms with Crippen LogP contribution in [0.3, 0.4) is 0 Å². The number of carbonyl (C=O) groups excluding carboxylic acids is 1. The van der Waals surface area contributed by atoms with Crippen LogP contribution >= 0.6 is 0 Å². The topological polar surface area (TPSA) is 66.9 Å². The number of carbonyl (C=O) groups is 1. The van der Waals surface area contributed by atoms with Crippen molar-refractivity contribution in [1.29, 1.82) is 0 Å². The first kappa shape index (κ1) is 14.5. The first-order chi connectivity index (χ1) is 10.8. The summed E-state index contributed by atoms with van der Waals surface area (Å²) in [7, 11) is 0. The van der Waals surface area contributed by atoms with E-state index in [9.17, 15) is 4.79 Å². The second-order valence-corrected chi connectivity index (χ2v) is 5.56. The van der Waals surface area contributed by atoms with Gasteiger partial charge in [-0.15, -0.1) is 0 Å². The van der Waals surface area contributed by atoms with Gasteiger partial charge in [0.1, 0.15) is 11.6 Å². The zero-order valence-electron chi connectivity index (χ0n) is 12.4. The zero-order valence-corrected chi connectivity index (χ0v) is 12.4. The average Bonchev–Trinajstić information content (AvgIpc) is 2.57. The third-order valence-corrected chi connectivity index (χ3v) is 4.02. The number of nitrogens with one attached hydrogen (secondary N) is 2. The third-order valence-electron chi connectivity index (χ3n) is 4.02. The molecule has 1 fully saturated rings. The normalized spacial score (nSPS) is 21.1. The Labute approximate surface area is 130 Å². The number of nitrogens with zero attached hydrogens (tertiary/aromatic N) is 2. The molecule has 114 valence electrons. The van der Waals surface area contributed by atoms with E-state index in [4.69, 9.17) is 0 Å². The third kappa shape index (κ3) is 3.61. The molecule has 2 N–H and O–H groups in total. The minimum atomic E-state index is -0.0576. The van der Waals surface area contributed by atoms with Crippen LogP contribution in [-0.4, -0.2) is 21.9 Å². The van der Waals surface area contributed by atoms with E-state index in [-0.39, 0.29) is 17.9 Å². The highest BCUT2D eigenvalue weighted by Gasteiger charge is 2.31. The Hall–Kier alpha value is -2.43. The Bertz CT molecular complexity index is 603. The molecule has 3 rings (SSSR count). The Morgan fingerprint density at radius 3 is 2.32 bits per heavy atom. The molecule has 0 spiro atoms. The van der Waals surface area contributed by atoms with Gasteiger partial charge in [-0.1, -0.05) is 25.0 Å². The van der Waals surface area contributed by atoms with Gasteiger partial charge in [0.2, 0.25) is 5.91 Å². The van der Waals surface area contributed by atoms with Crippen LogP contribution in [0.15, 0.2) is 48.8 Å². The van der Waals surface area contributed by atoms with Crippen LogP contribution in [0.5, 0.6) is 0 Å². The van der Waals surface area contributed by atoms with Crippen LogP contribution in [0.4, 0.5) is 11.6 Å². The molecular weight excluding hydrogens is 276 g/mol. The predicted octanol–water partition coefficient (Wildman–Crippen LogP) is 3.09. The van der Waals surface area contributed by atoms with Crippen LogP contribution in [-0.2, 0) is 4.79 Å². The molecule has 2 atom stereocenters. The lowest BCUT2D eigenvalue weighted by Gasteiger charge is -2.31. The molecular formula is C17H20N4O. The van der Waals surface area contributed by atoms with E-state index in [2.05, 4.69) is 20.6 Å². The highest BCUT2D eigenvalue weighted by Crippen LogP contribution is 2.27. The van der Waals surface area contributed by atoms with Crippen molar-refractivity contribution in [2.24, 2.45) is 5.92 Å². The molecule has 0 bridgehead atoms. The number of hydrogen-bond acceptors (Lipinski definition) is 4. The number of pyridine rings is 2. The smallest absolute Gasteiger partial charge is 0.230 e. The summed E-state index contributed by atoms with van der Waals surface area (Å²) in [5, 5.41) is 6.32. The van der Waals surface area contributed by atoms with Gasteiger partial charge < -0.3 is 10.6 Å². The van der Waals surface area contributed by atoms with Gasteiger partial charge in [0.15, 0.2) is 0 Å². The van der Waals surface area contributed by atoms with E-state index >= 15 is 0 Å². The van der Waals surface area contributed by atoms with Crippen molar-refractivity contribution in [2.75, 3.05) is 10.6 Å². The van der Waals surface area contributed by atoms with E-state index in [1.54, 1.807) is 12.4 Å². The summed E-state index contributed by atoms with van der Waals surface area (Å²) in [5.41, 5.74) is 0. The number of anilines is 2. The van der Waals surface area contributed by atoms with Gasteiger partial charge >= 0.3 is 0 Å². The molecule has 22 heavy (non-hydrogen) atoms. The van der Waals surface area contributed by atoms with Gasteiger partial charge in [-0.05, 0) is 37.1 Å². The van der Waals surface area contributed by atoms with Gasteiger partial charge in [0.25, 0.3) is 0 Å². The van der Waals surface area contributed by atoms with Crippen molar-refractivity contribution < 1.29 is 4.79 Å². The molecule has 5 nitrogen and oxygen atoms in total. The van der Waals surface area contributed by atoms with Crippen molar-refractivity contribution in [3.63, 3.8) is 0 Å². The van der Waals surface area contributed by atoms with Crippen molar-refractivity contribution in [3.8, 4) is 0 Å². The van der Waals surface area contributed by atoms with Crippen LogP contribution in [0, 0.1) is 5.92 Å². The van der Waals surface area contributed by atoms with Gasteiger partial charge in [0, 0.05) is 18.4 Å². The quantitative estimate of drug-likeness (QED) is 0.910. The maximum absolute atomic E-state index is 12.6. The van der Waals surface area contributed by atoms with Gasteiger partial charge in [-0.3, -0.25) is 4.79 Å². The Balaban J connectivity index is 1.68. The first-order valence-electron chi connectivity index (χ1n) is 7.72. The van der Waals surface area contributed by atoms with E-state index in [1.807, 2.05) is 36.4 Å². The second-order valence-electron chi connectivity index (χ2n) is 5.56. The van der Waals surface area contributed by atoms with Crippen LogP contribution in [0.1, 0.15) is 25.7 Å². The first-order valence-corrected chi connectivity index (χ1v) is 7.72. The van der Waals surface area contributed by atoms with Gasteiger partial charge in [-0.2, -0.15) is 0 Å². The molecule has 0 radical (unpaired) electrons. The monoisotopic (exact) mass is 296 g/mol. The number of aromatic nitrogens is 2. The fourth-order valence-electron chi connectivity index (χ4n) is 2.91. The molecule has 2 aromatic rings. The molecule has 0 saturated heterocycles. The summed E-state index contributed by atoms with van der Waals surface area (Å²) in [4.78, 5) is 21.0. The van der Waals surface area contributed by atoms with Crippen LogP contribution < -0.4 is 10.6 Å². The maximum Gasteiger partial charge on any atom is 0.230 e. The Morgan fingerprint density at radius 1 is 0.955 bits per heavy atom. The van der Waals surface area contributed by atoms with Crippen LogP contribution in [0.2, 0.25) is 0 Å². The summed E-state index contributed by atoms with van der Waals surface area (Å²) in [6.07, 6.45) is 7.53. The van der Waals surface area contributed by atoms with E-state index in [0.29, 0.717) is 5.82 Å². The summed E-state index contributed by atoms with van der Waals surface area (Å²) in [6, 6.07) is 11.4. The second kappa shape index (κ2) is 7.02. The number of amides is 1. The lowest BCUT2D eigenvalue weighted by Crippen LogP contribution is -2.40. The SMILES string of the molecule is O=C(Nc1ccccn1)C1CCCCC1Nc1ccccn1. The fraction of sp³-hybridized carbons (Fsp3) is 0.353. The van der Waals surface area contributed by atoms with Gasteiger partial charge in [0.05, 0.1) is 5.92 Å². The largest absolute Gasteiger partial charge is 0.367 e. The zero-order chi connectivity index (χ0) is 15.2. The molecule has 1 aliphatic rings. The number of hydrogen-bond donors (Lipinski definition) is 2. The summed E-state index contributed by atoms with van der Waals surface area (Å²) >= 11 is 0. The Morgan fingerprint density at radius 2 is 1.64 bits per heavy atom. The highest BCUT2D eigenvalue weighted by atomic mass is 16.2. The van der Waals surface area contributed by atoms with Crippen LogP contribution in [0.25, 0.3) is 0 Å². The summed E-state index contributed by atoms with van der Waals surface area (Å²) < 4.78 is 0. The lowest BCUT2D eigenvalue weighted by atomic mass is 9.83. The molecule has 1 amide bonds. The maximum atomic E-state index is 12.6. The standard InChI is InChI=1S/C17H20N4O/c22-17(21-16-10-4-6-12-19-16)13-7-1-2-8-14(13)20-15-9-3-5-11-18-15/h3-6,9-14H,1-2,7-8H2,(H,18,20)(H,19,21,22). The lowest BCUT2D eigenvalue weighted by molar-refractivity contribution is -0.121. The average molecular weight is 296 g/mol. The fourth-order valence-corrected chi connectivity index (χ4v) is 2.91. The molecule has 1 saturated carbocycles. The Kier molecular flexibility index (Phi) is 4.63. The van der Waals surface area contributed by atoms with Crippen molar-refractivity contribution >= 4 is 17.5 Å². The molecule has 0 aromatic carbocycles. The van der Waals surface area contributed by atoms with Crippen molar-refractivity contribution in [2.45, 2.75) is 31.7 Å². The summed E-state index contributed by atoms with van der Waals surface area (Å²) in [5.74, 6) is 1.41. The minimum Gasteiger partial charge on any atom is -0.367 e. The van der Waals surface area contributed by atoms with E-state index in [1.165, 1.54) is 0 Å². The molecule has 2 heterocycles. The van der Waals surface area contributed by atoms with Crippen molar-refractivity contribution in [1.82, 2.24) is 9.97 Å². The van der Waals surface area contributed by atoms with E-state index in [0.717, 1.165) is 31.5 Å². The molecule has 0 aliphatic heterocycles. The molecule has 1 aliphatic carbocycles. The van der Waals surface area contributed by atoms with Crippen molar-refractivity contribution in [3.05, 3.63) is 48.8 Å². The highest BCUT2D eigenvalue weighted by molar-refractivity contribution is 5.92. The number of rotatable bonds is 4. The molecule has 2 aromatic heterocycles. The molecule has 2 unspecified atom stereocenters. The van der Waals surface area contributed by atoms with E-state index < -0.39 is 0 Å². The summed E-state index contributed by atoms with van der Waals surface area (Å²) in [6.45, 7) is 0. The minimum absolute atomic E-state index is 0.0341. The predicted molar refractivity (Wildman–Crippen MR) is 86.5 cm³/mol. The molecule has 5 heteroatoms. The van der Waals surface area contributed by atoms with Gasteiger partial charge in [-0.25, -0.2) is 9.97 Å².